The first-order valence-electron chi connectivity index (χ1n) is 3.67. The molecule has 0 radical (unpaired) electrons. The summed E-state index contributed by atoms with van der Waals surface area (Å²) in [6, 6.07) is 8.15. The van der Waals surface area contributed by atoms with Crippen LogP contribution < -0.4 is 0 Å². The van der Waals surface area contributed by atoms with Gasteiger partial charge in [0.2, 0.25) is 7.98 Å². The lowest BCUT2D eigenvalue weighted by Gasteiger charge is -1.94. The van der Waals surface area contributed by atoms with E-state index in [4.69, 9.17) is 0 Å². The summed E-state index contributed by atoms with van der Waals surface area (Å²) in [5.74, 6) is 1.06. The molecule has 0 N–H and O–H groups in total. The van der Waals surface area contributed by atoms with Crippen LogP contribution in [0.4, 0.5) is 0 Å². The van der Waals surface area contributed by atoms with Gasteiger partial charge < -0.3 is 4.48 Å². The summed E-state index contributed by atoms with van der Waals surface area (Å²) in [6.45, 7) is 2.01. The highest BCUT2D eigenvalue weighted by atomic mass is 15.0. The summed E-state index contributed by atoms with van der Waals surface area (Å²) in [4.78, 5) is 4.38. The van der Waals surface area contributed by atoms with Crippen LogP contribution in [-0.4, -0.2) is 17.4 Å². The lowest BCUT2D eigenvalue weighted by atomic mass is 10.3. The van der Waals surface area contributed by atoms with Crippen molar-refractivity contribution in [2.24, 2.45) is 0 Å². The second-order valence-electron chi connectivity index (χ2n) is 2.71. The van der Waals surface area contributed by atoms with E-state index in [9.17, 15) is 0 Å². The first-order valence-corrected chi connectivity index (χ1v) is 3.67. The Balaban J connectivity index is 2.92. The van der Waals surface area contributed by atoms with Crippen molar-refractivity contribution in [3.63, 3.8) is 0 Å². The molecule has 1 heterocycles. The van der Waals surface area contributed by atoms with Gasteiger partial charge >= 0.3 is 0 Å². The van der Waals surface area contributed by atoms with Gasteiger partial charge in [-0.25, -0.2) is 4.98 Å². The second-order valence-corrected chi connectivity index (χ2v) is 2.71. The lowest BCUT2D eigenvalue weighted by molar-refractivity contribution is 1.10. The van der Waals surface area contributed by atoms with Crippen molar-refractivity contribution in [3.8, 4) is 0 Å². The largest absolute Gasteiger partial charge is 0.381 e. The molecule has 2 nitrogen and oxygen atoms in total. The Morgan fingerprint density at radius 3 is 2.82 bits per heavy atom. The average molecular weight is 144 g/mol. The molecule has 54 valence electrons. The molecular formula is C8H9BN2. The predicted molar refractivity (Wildman–Crippen MR) is 48.4 cm³/mol. The standard InChI is InChI=1S/C8H9BN2/c1-6-10-7-4-2-3-5-8(7)11(6)9/h2-5H,9H2,1H3. The monoisotopic (exact) mass is 144 g/mol. The van der Waals surface area contributed by atoms with Crippen molar-refractivity contribution in [3.05, 3.63) is 30.1 Å². The van der Waals surface area contributed by atoms with E-state index in [0.717, 1.165) is 11.3 Å². The second kappa shape index (κ2) is 2.12. The van der Waals surface area contributed by atoms with Crippen LogP contribution in [0.25, 0.3) is 11.0 Å². The van der Waals surface area contributed by atoms with E-state index in [2.05, 4.69) is 15.5 Å². The van der Waals surface area contributed by atoms with Gasteiger partial charge in [-0.05, 0) is 19.1 Å². The van der Waals surface area contributed by atoms with Crippen LogP contribution in [0.15, 0.2) is 24.3 Å². The van der Waals surface area contributed by atoms with E-state index in [-0.39, 0.29) is 0 Å². The van der Waals surface area contributed by atoms with Crippen molar-refractivity contribution in [2.45, 2.75) is 6.92 Å². The molecule has 2 rings (SSSR count). The van der Waals surface area contributed by atoms with E-state index >= 15 is 0 Å². The maximum Gasteiger partial charge on any atom is 0.225 e. The SMILES string of the molecule is Bn1c(C)nc2ccccc21. The van der Waals surface area contributed by atoms with Crippen LogP contribution in [0.3, 0.4) is 0 Å². The molecule has 1 aromatic heterocycles. The van der Waals surface area contributed by atoms with Crippen molar-refractivity contribution >= 4 is 19.0 Å². The summed E-state index contributed by atoms with van der Waals surface area (Å²) in [7, 11) is 2.03. The topological polar surface area (TPSA) is 17.8 Å². The van der Waals surface area contributed by atoms with Crippen LogP contribution in [0.5, 0.6) is 0 Å². The van der Waals surface area contributed by atoms with Gasteiger partial charge in [0.05, 0.1) is 16.9 Å². The lowest BCUT2D eigenvalue weighted by Crippen LogP contribution is -1.92. The van der Waals surface area contributed by atoms with Crippen LogP contribution >= 0.6 is 0 Å². The Hall–Kier alpha value is -1.25. The fourth-order valence-corrected chi connectivity index (χ4v) is 1.27. The third kappa shape index (κ3) is 0.844. The molecule has 11 heavy (non-hydrogen) atoms. The summed E-state index contributed by atoms with van der Waals surface area (Å²) in [5.41, 5.74) is 2.28. The van der Waals surface area contributed by atoms with Crippen molar-refractivity contribution in [2.75, 3.05) is 0 Å². The predicted octanol–water partition coefficient (Wildman–Crippen LogP) is 0.741. The van der Waals surface area contributed by atoms with Crippen LogP contribution in [-0.2, 0) is 0 Å². The first-order chi connectivity index (χ1) is 5.29. The van der Waals surface area contributed by atoms with Crippen LogP contribution in [0.1, 0.15) is 5.82 Å². The zero-order valence-electron chi connectivity index (χ0n) is 6.70. The van der Waals surface area contributed by atoms with Gasteiger partial charge in [-0.3, -0.25) is 0 Å². The van der Waals surface area contributed by atoms with E-state index in [1.165, 1.54) is 5.52 Å². The Kier molecular flexibility index (Phi) is 1.25. The summed E-state index contributed by atoms with van der Waals surface area (Å²) in [6.07, 6.45) is 0. The number of hydrogen-bond acceptors (Lipinski definition) is 1. The van der Waals surface area contributed by atoms with Gasteiger partial charge in [0.15, 0.2) is 0 Å². The number of para-hydroxylation sites is 2. The quantitative estimate of drug-likeness (QED) is 0.498. The highest BCUT2D eigenvalue weighted by Gasteiger charge is 1.99. The highest BCUT2D eigenvalue weighted by Crippen LogP contribution is 2.12. The van der Waals surface area contributed by atoms with Crippen LogP contribution in [0, 0.1) is 6.92 Å². The number of nitrogens with zero attached hydrogens (tertiary/aromatic N) is 2. The number of imidazole rings is 1. The Morgan fingerprint density at radius 2 is 2.09 bits per heavy atom. The molecule has 0 amide bonds. The molecule has 0 bridgehead atoms. The summed E-state index contributed by atoms with van der Waals surface area (Å²) >= 11 is 0. The maximum atomic E-state index is 4.38. The minimum atomic E-state index is 1.06. The molecule has 0 saturated heterocycles. The average Bonchev–Trinajstić information content (AvgIpc) is 2.30. The van der Waals surface area contributed by atoms with E-state index in [1.54, 1.807) is 0 Å². The van der Waals surface area contributed by atoms with E-state index in [0.29, 0.717) is 0 Å². The molecule has 0 aliphatic heterocycles. The molecule has 0 saturated carbocycles. The number of aromatic nitrogens is 2. The Labute approximate surface area is 66.3 Å². The van der Waals surface area contributed by atoms with Crippen molar-refractivity contribution in [1.29, 1.82) is 0 Å². The zero-order valence-corrected chi connectivity index (χ0v) is 6.70. The number of benzene rings is 1. The summed E-state index contributed by atoms with van der Waals surface area (Å²) < 4.78 is 2.09. The fourth-order valence-electron chi connectivity index (χ4n) is 1.27. The number of aryl methyl sites for hydroxylation is 1. The van der Waals surface area contributed by atoms with Gasteiger partial charge in [0.25, 0.3) is 0 Å². The van der Waals surface area contributed by atoms with Crippen molar-refractivity contribution < 1.29 is 0 Å². The minimum Gasteiger partial charge on any atom is -0.381 e. The molecule has 0 spiro atoms. The maximum absolute atomic E-state index is 4.38. The molecular weight excluding hydrogens is 135 g/mol. The van der Waals surface area contributed by atoms with Gasteiger partial charge in [0, 0.05) is 0 Å². The van der Waals surface area contributed by atoms with E-state index < -0.39 is 0 Å². The van der Waals surface area contributed by atoms with Gasteiger partial charge in [-0.1, -0.05) is 12.1 Å². The molecule has 3 heteroatoms. The van der Waals surface area contributed by atoms with Gasteiger partial charge in [-0.15, -0.1) is 0 Å². The smallest absolute Gasteiger partial charge is 0.225 e. The first kappa shape index (κ1) is 6.46. The number of fused-ring (bicyclic) bond motifs is 1. The third-order valence-electron chi connectivity index (χ3n) is 2.01. The Bertz CT molecular complexity index is 392. The summed E-state index contributed by atoms with van der Waals surface area (Å²) in [5, 5.41) is 0. The van der Waals surface area contributed by atoms with Gasteiger partial charge in [0.1, 0.15) is 0 Å². The highest BCUT2D eigenvalue weighted by molar-refractivity contribution is 6.11. The molecule has 1 aromatic carbocycles. The van der Waals surface area contributed by atoms with Crippen molar-refractivity contribution in [1.82, 2.24) is 9.46 Å². The molecule has 0 atom stereocenters. The normalized spacial score (nSPS) is 10.6. The molecule has 2 aromatic rings. The Morgan fingerprint density at radius 1 is 1.36 bits per heavy atom. The van der Waals surface area contributed by atoms with Crippen LogP contribution in [0.2, 0.25) is 0 Å². The fraction of sp³-hybridized carbons (Fsp3) is 0.125. The molecule has 0 fully saturated rings. The number of hydrogen-bond donors (Lipinski definition) is 0. The van der Waals surface area contributed by atoms with Gasteiger partial charge in [-0.2, -0.15) is 0 Å². The molecule has 0 aliphatic carbocycles. The zero-order chi connectivity index (χ0) is 7.84. The molecule has 0 unspecified atom stereocenters. The molecule has 0 aliphatic rings. The third-order valence-corrected chi connectivity index (χ3v) is 2.01. The number of rotatable bonds is 0. The minimum absolute atomic E-state index is 1.06. The van der Waals surface area contributed by atoms with E-state index in [1.807, 2.05) is 33.1 Å².